The van der Waals surface area contributed by atoms with Gasteiger partial charge in [0.1, 0.15) is 6.07 Å². The van der Waals surface area contributed by atoms with Crippen molar-refractivity contribution in [3.8, 4) is 17.3 Å². The SMILES string of the molecule is N#Cc1cc(-c2ccccc2C(=O)O)n2ccc(C(F)(F)F)cc12. The van der Waals surface area contributed by atoms with E-state index < -0.39 is 17.7 Å². The fourth-order valence-electron chi connectivity index (χ4n) is 2.56. The van der Waals surface area contributed by atoms with Gasteiger partial charge in [-0.05, 0) is 24.3 Å². The minimum atomic E-state index is -4.53. The molecule has 0 saturated heterocycles. The maximum atomic E-state index is 12.9. The summed E-state index contributed by atoms with van der Waals surface area (Å²) in [5, 5.41) is 18.5. The zero-order valence-electron chi connectivity index (χ0n) is 12.0. The van der Waals surface area contributed by atoms with Gasteiger partial charge in [0, 0.05) is 11.8 Å². The van der Waals surface area contributed by atoms with E-state index in [0.29, 0.717) is 11.3 Å². The lowest BCUT2D eigenvalue weighted by atomic mass is 10.0. The first kappa shape index (κ1) is 15.6. The van der Waals surface area contributed by atoms with E-state index in [-0.39, 0.29) is 16.6 Å². The predicted octanol–water partition coefficient (Wildman–Crippen LogP) is 4.19. The van der Waals surface area contributed by atoms with Crippen molar-refractivity contribution in [2.45, 2.75) is 6.18 Å². The molecular formula is C17H9F3N2O2. The summed E-state index contributed by atoms with van der Waals surface area (Å²) in [6.45, 7) is 0. The second-order valence-electron chi connectivity index (χ2n) is 5.07. The topological polar surface area (TPSA) is 65.5 Å². The maximum Gasteiger partial charge on any atom is 0.416 e. The first-order valence-corrected chi connectivity index (χ1v) is 6.78. The third-order valence-corrected chi connectivity index (χ3v) is 3.65. The average molecular weight is 330 g/mol. The molecule has 0 spiro atoms. The molecule has 2 heterocycles. The monoisotopic (exact) mass is 330 g/mol. The number of carboxylic acid groups (broad SMARTS) is 1. The number of carbonyl (C=O) groups is 1. The average Bonchev–Trinajstić information content (AvgIpc) is 2.91. The summed E-state index contributed by atoms with van der Waals surface area (Å²) < 4.78 is 40.0. The van der Waals surface area contributed by atoms with Crippen LogP contribution >= 0.6 is 0 Å². The molecule has 1 N–H and O–H groups in total. The van der Waals surface area contributed by atoms with Crippen LogP contribution in [0.4, 0.5) is 13.2 Å². The van der Waals surface area contributed by atoms with Gasteiger partial charge in [0.15, 0.2) is 0 Å². The van der Waals surface area contributed by atoms with E-state index >= 15 is 0 Å². The Bertz CT molecular complexity index is 997. The van der Waals surface area contributed by atoms with Gasteiger partial charge in [0.05, 0.1) is 27.9 Å². The second-order valence-corrected chi connectivity index (χ2v) is 5.07. The number of aromatic nitrogens is 1. The Balaban J connectivity index is 2.32. The minimum absolute atomic E-state index is 0.00119. The minimum Gasteiger partial charge on any atom is -0.478 e. The molecule has 2 aromatic heterocycles. The maximum absolute atomic E-state index is 12.9. The van der Waals surface area contributed by atoms with Crippen LogP contribution in [0.25, 0.3) is 16.8 Å². The molecule has 0 radical (unpaired) electrons. The Kier molecular flexibility index (Phi) is 3.53. The molecule has 7 heteroatoms. The third-order valence-electron chi connectivity index (χ3n) is 3.65. The van der Waals surface area contributed by atoms with E-state index in [4.69, 9.17) is 0 Å². The fourth-order valence-corrected chi connectivity index (χ4v) is 2.56. The van der Waals surface area contributed by atoms with Crippen molar-refractivity contribution in [1.82, 2.24) is 4.40 Å². The summed E-state index contributed by atoms with van der Waals surface area (Å²) >= 11 is 0. The highest BCUT2D eigenvalue weighted by Crippen LogP contribution is 2.34. The van der Waals surface area contributed by atoms with Gasteiger partial charge in [0.25, 0.3) is 0 Å². The predicted molar refractivity (Wildman–Crippen MR) is 79.5 cm³/mol. The van der Waals surface area contributed by atoms with Gasteiger partial charge in [-0.1, -0.05) is 18.2 Å². The molecule has 0 aliphatic heterocycles. The second kappa shape index (κ2) is 5.42. The summed E-state index contributed by atoms with van der Waals surface area (Å²) in [7, 11) is 0. The molecule has 0 bridgehead atoms. The number of pyridine rings is 1. The summed E-state index contributed by atoms with van der Waals surface area (Å²) in [5.41, 5.74) is -0.0997. The molecule has 0 saturated carbocycles. The molecule has 24 heavy (non-hydrogen) atoms. The fraction of sp³-hybridized carbons (Fsp3) is 0.0588. The number of nitrogens with zero attached hydrogens (tertiary/aromatic N) is 2. The van der Waals surface area contributed by atoms with E-state index in [2.05, 4.69) is 0 Å². The van der Waals surface area contributed by atoms with Gasteiger partial charge in [0.2, 0.25) is 0 Å². The van der Waals surface area contributed by atoms with E-state index in [1.807, 2.05) is 6.07 Å². The van der Waals surface area contributed by atoms with Crippen molar-refractivity contribution >= 4 is 11.5 Å². The molecular weight excluding hydrogens is 321 g/mol. The number of halogens is 3. The Morgan fingerprint density at radius 2 is 1.88 bits per heavy atom. The van der Waals surface area contributed by atoms with E-state index in [0.717, 1.165) is 12.1 Å². The van der Waals surface area contributed by atoms with Gasteiger partial charge >= 0.3 is 12.1 Å². The lowest BCUT2D eigenvalue weighted by molar-refractivity contribution is -0.137. The Hall–Kier alpha value is -3.27. The number of fused-ring (bicyclic) bond motifs is 1. The van der Waals surface area contributed by atoms with Gasteiger partial charge in [-0.3, -0.25) is 0 Å². The first-order valence-electron chi connectivity index (χ1n) is 6.78. The largest absolute Gasteiger partial charge is 0.478 e. The van der Waals surface area contributed by atoms with Gasteiger partial charge in [-0.2, -0.15) is 18.4 Å². The van der Waals surface area contributed by atoms with E-state index in [1.54, 1.807) is 18.2 Å². The van der Waals surface area contributed by atoms with Crippen LogP contribution < -0.4 is 0 Å². The molecule has 0 fully saturated rings. The molecule has 1 aromatic carbocycles. The summed E-state index contributed by atoms with van der Waals surface area (Å²) in [5.74, 6) is -1.16. The number of carboxylic acids is 1. The van der Waals surface area contributed by atoms with Crippen LogP contribution in [-0.2, 0) is 6.18 Å². The number of rotatable bonds is 2. The number of hydrogen-bond donors (Lipinski definition) is 1. The summed E-state index contributed by atoms with van der Waals surface area (Å²) in [4.78, 5) is 11.4. The number of hydrogen-bond acceptors (Lipinski definition) is 2. The molecule has 0 atom stereocenters. The molecule has 3 rings (SSSR count). The van der Waals surface area contributed by atoms with Crippen LogP contribution in [0.5, 0.6) is 0 Å². The molecule has 0 amide bonds. The van der Waals surface area contributed by atoms with Crippen LogP contribution in [0.1, 0.15) is 21.5 Å². The van der Waals surface area contributed by atoms with Gasteiger partial charge < -0.3 is 9.51 Å². The molecule has 3 aromatic rings. The first-order chi connectivity index (χ1) is 11.3. The summed E-state index contributed by atoms with van der Waals surface area (Å²) in [6, 6.07) is 11.1. The normalized spacial score (nSPS) is 11.4. The Labute approximate surface area is 134 Å². The Morgan fingerprint density at radius 3 is 2.50 bits per heavy atom. The van der Waals surface area contributed by atoms with Crippen LogP contribution in [0, 0.1) is 11.3 Å². The highest BCUT2D eigenvalue weighted by atomic mass is 19.4. The lowest BCUT2D eigenvalue weighted by Gasteiger charge is -2.09. The van der Waals surface area contributed by atoms with Crippen molar-refractivity contribution in [2.75, 3.05) is 0 Å². The highest BCUT2D eigenvalue weighted by molar-refractivity contribution is 5.96. The molecule has 0 aliphatic carbocycles. The highest BCUT2D eigenvalue weighted by Gasteiger charge is 2.31. The van der Waals surface area contributed by atoms with Crippen LogP contribution in [0.15, 0.2) is 48.7 Å². The standard InChI is InChI=1S/C17H9F3N2O2/c18-17(19,20)11-5-6-22-14(8-11)10(9-21)7-15(22)12-3-1-2-4-13(12)16(23)24/h1-8H,(H,23,24). The van der Waals surface area contributed by atoms with Crippen molar-refractivity contribution in [3.05, 3.63) is 65.4 Å². The van der Waals surface area contributed by atoms with Crippen molar-refractivity contribution in [2.24, 2.45) is 0 Å². The molecule has 120 valence electrons. The smallest absolute Gasteiger partial charge is 0.416 e. The quantitative estimate of drug-likeness (QED) is 0.766. The van der Waals surface area contributed by atoms with Gasteiger partial charge in [-0.25, -0.2) is 4.79 Å². The zero-order valence-corrected chi connectivity index (χ0v) is 12.0. The molecule has 0 unspecified atom stereocenters. The van der Waals surface area contributed by atoms with Crippen molar-refractivity contribution < 1.29 is 23.1 Å². The number of nitriles is 1. The van der Waals surface area contributed by atoms with E-state index in [1.165, 1.54) is 22.7 Å². The van der Waals surface area contributed by atoms with Gasteiger partial charge in [-0.15, -0.1) is 0 Å². The number of aromatic carboxylic acids is 1. The molecule has 0 aliphatic rings. The van der Waals surface area contributed by atoms with Crippen LogP contribution in [0.2, 0.25) is 0 Å². The van der Waals surface area contributed by atoms with Crippen molar-refractivity contribution in [3.63, 3.8) is 0 Å². The van der Waals surface area contributed by atoms with Crippen LogP contribution in [-0.4, -0.2) is 15.5 Å². The Morgan fingerprint density at radius 1 is 1.17 bits per heavy atom. The third kappa shape index (κ3) is 2.48. The van der Waals surface area contributed by atoms with Crippen LogP contribution in [0.3, 0.4) is 0 Å². The number of alkyl halides is 3. The number of benzene rings is 1. The molecule has 4 nitrogen and oxygen atoms in total. The van der Waals surface area contributed by atoms with E-state index in [9.17, 15) is 28.3 Å². The lowest BCUT2D eigenvalue weighted by Crippen LogP contribution is -2.06. The summed E-state index contributed by atoms with van der Waals surface area (Å²) in [6.07, 6.45) is -3.34. The van der Waals surface area contributed by atoms with Crippen molar-refractivity contribution in [1.29, 1.82) is 5.26 Å². The zero-order chi connectivity index (χ0) is 17.5.